The first-order chi connectivity index (χ1) is 10.6. The van der Waals surface area contributed by atoms with Gasteiger partial charge in [-0.2, -0.15) is 0 Å². The number of anilines is 1. The summed E-state index contributed by atoms with van der Waals surface area (Å²) in [6, 6.07) is 9.27. The summed E-state index contributed by atoms with van der Waals surface area (Å²) in [6.45, 7) is -0.274. The lowest BCUT2D eigenvalue weighted by Gasteiger charge is -2.07. The number of ether oxygens (including phenoxy) is 1. The van der Waals surface area contributed by atoms with Crippen LogP contribution in [0.1, 0.15) is 0 Å². The van der Waals surface area contributed by atoms with E-state index in [9.17, 15) is 9.18 Å². The lowest BCUT2D eigenvalue weighted by atomic mass is 10.3. The number of fused-ring (bicyclic) bond motifs is 1. The molecule has 0 aliphatic heterocycles. The maximum absolute atomic E-state index is 12.9. The number of hydrogen-bond donors (Lipinski definition) is 1. The van der Waals surface area contributed by atoms with Crippen molar-refractivity contribution in [2.24, 2.45) is 0 Å². The third-order valence-corrected chi connectivity index (χ3v) is 3.13. The van der Waals surface area contributed by atoms with Crippen LogP contribution in [0.4, 0.5) is 10.1 Å². The first kappa shape index (κ1) is 14.3. The Balaban J connectivity index is 1.65. The number of pyridine rings is 1. The molecule has 112 valence electrons. The molecule has 0 spiro atoms. The highest BCUT2D eigenvalue weighted by Crippen LogP contribution is 2.22. The highest BCUT2D eigenvalue weighted by molar-refractivity contribution is 6.33. The smallest absolute Gasteiger partial charge is 0.322 e. The van der Waals surface area contributed by atoms with E-state index in [1.54, 1.807) is 22.7 Å². The second-order valence-corrected chi connectivity index (χ2v) is 4.78. The molecule has 0 bridgehead atoms. The van der Waals surface area contributed by atoms with Crippen molar-refractivity contribution in [1.82, 2.24) is 14.6 Å². The monoisotopic (exact) mass is 320 g/mol. The van der Waals surface area contributed by atoms with Crippen LogP contribution in [-0.2, 0) is 4.79 Å². The van der Waals surface area contributed by atoms with Crippen LogP contribution in [0, 0.1) is 5.82 Å². The molecule has 0 unspecified atom stereocenters. The summed E-state index contributed by atoms with van der Waals surface area (Å²) in [4.78, 5) is 11.8. The van der Waals surface area contributed by atoms with Gasteiger partial charge in [-0.05, 0) is 30.3 Å². The SMILES string of the molecule is O=C(COc1nnc2ccccn12)Nc1ccc(F)cc1Cl. The third-order valence-electron chi connectivity index (χ3n) is 2.82. The Morgan fingerprint density at radius 1 is 1.32 bits per heavy atom. The number of hydrogen-bond acceptors (Lipinski definition) is 4. The lowest BCUT2D eigenvalue weighted by molar-refractivity contribution is -0.118. The third kappa shape index (κ3) is 2.99. The zero-order valence-electron chi connectivity index (χ0n) is 11.2. The van der Waals surface area contributed by atoms with Crippen molar-refractivity contribution in [2.45, 2.75) is 0 Å². The molecule has 1 amide bonds. The zero-order valence-corrected chi connectivity index (χ0v) is 11.9. The maximum atomic E-state index is 12.9. The Hall–Kier alpha value is -2.67. The van der Waals surface area contributed by atoms with Gasteiger partial charge in [-0.25, -0.2) is 4.39 Å². The van der Waals surface area contributed by atoms with E-state index < -0.39 is 11.7 Å². The number of carbonyl (C=O) groups is 1. The Morgan fingerprint density at radius 2 is 2.18 bits per heavy atom. The van der Waals surface area contributed by atoms with E-state index in [1.165, 1.54) is 12.1 Å². The van der Waals surface area contributed by atoms with Crippen LogP contribution in [0.15, 0.2) is 42.6 Å². The minimum Gasteiger partial charge on any atom is -0.453 e. The van der Waals surface area contributed by atoms with E-state index >= 15 is 0 Å². The highest BCUT2D eigenvalue weighted by atomic mass is 35.5. The van der Waals surface area contributed by atoms with Crippen molar-refractivity contribution >= 4 is 28.8 Å². The van der Waals surface area contributed by atoms with Gasteiger partial charge >= 0.3 is 6.01 Å². The van der Waals surface area contributed by atoms with Crippen molar-refractivity contribution in [1.29, 1.82) is 0 Å². The summed E-state index contributed by atoms with van der Waals surface area (Å²) in [5.74, 6) is -0.921. The number of aromatic nitrogens is 3. The van der Waals surface area contributed by atoms with Gasteiger partial charge < -0.3 is 10.1 Å². The van der Waals surface area contributed by atoms with Crippen LogP contribution < -0.4 is 10.1 Å². The molecule has 3 rings (SSSR count). The van der Waals surface area contributed by atoms with E-state index in [1.807, 2.05) is 6.07 Å². The van der Waals surface area contributed by atoms with Gasteiger partial charge in [-0.15, -0.1) is 5.10 Å². The molecule has 2 heterocycles. The van der Waals surface area contributed by atoms with E-state index in [0.717, 1.165) is 6.07 Å². The number of nitrogens with zero attached hydrogens (tertiary/aromatic N) is 3. The summed E-state index contributed by atoms with van der Waals surface area (Å²) in [7, 11) is 0. The van der Waals surface area contributed by atoms with Gasteiger partial charge in [0.25, 0.3) is 5.91 Å². The fourth-order valence-corrected chi connectivity index (χ4v) is 2.04. The Labute approximate surface area is 129 Å². The maximum Gasteiger partial charge on any atom is 0.322 e. The number of amides is 1. The van der Waals surface area contributed by atoms with Crippen molar-refractivity contribution in [2.75, 3.05) is 11.9 Å². The van der Waals surface area contributed by atoms with Gasteiger partial charge in [0, 0.05) is 6.20 Å². The van der Waals surface area contributed by atoms with Crippen molar-refractivity contribution < 1.29 is 13.9 Å². The number of halogens is 2. The van der Waals surface area contributed by atoms with Gasteiger partial charge in [-0.3, -0.25) is 9.20 Å². The van der Waals surface area contributed by atoms with Crippen LogP contribution in [0.25, 0.3) is 5.65 Å². The molecule has 0 saturated carbocycles. The predicted molar refractivity (Wildman–Crippen MR) is 78.5 cm³/mol. The minimum atomic E-state index is -0.478. The summed E-state index contributed by atoms with van der Waals surface area (Å²) in [5.41, 5.74) is 0.919. The normalized spacial score (nSPS) is 10.6. The second-order valence-electron chi connectivity index (χ2n) is 4.37. The van der Waals surface area contributed by atoms with Crippen LogP contribution in [-0.4, -0.2) is 27.1 Å². The number of nitrogens with one attached hydrogen (secondary N) is 1. The highest BCUT2D eigenvalue weighted by Gasteiger charge is 2.10. The Bertz CT molecular complexity index is 837. The molecular formula is C14H10ClFN4O2. The molecule has 8 heteroatoms. The van der Waals surface area contributed by atoms with Crippen LogP contribution in [0.5, 0.6) is 6.01 Å². The van der Waals surface area contributed by atoms with Gasteiger partial charge in [0.1, 0.15) is 5.82 Å². The van der Waals surface area contributed by atoms with Gasteiger partial charge in [-0.1, -0.05) is 22.8 Å². The fraction of sp³-hybridized carbons (Fsp3) is 0.0714. The predicted octanol–water partition coefficient (Wildman–Crippen LogP) is 2.54. The van der Waals surface area contributed by atoms with Crippen molar-refractivity contribution in [3.63, 3.8) is 0 Å². The summed E-state index contributed by atoms with van der Waals surface area (Å²) >= 11 is 5.83. The Morgan fingerprint density at radius 3 is 3.00 bits per heavy atom. The first-order valence-electron chi connectivity index (χ1n) is 6.31. The standard InChI is InChI=1S/C14H10ClFN4O2/c15-10-7-9(16)4-5-11(10)17-13(21)8-22-14-19-18-12-3-1-2-6-20(12)14/h1-7H,8H2,(H,17,21). The molecular weight excluding hydrogens is 311 g/mol. The van der Waals surface area contributed by atoms with Gasteiger partial charge in [0.05, 0.1) is 10.7 Å². The van der Waals surface area contributed by atoms with Gasteiger partial charge in [0.2, 0.25) is 0 Å². The molecule has 0 fully saturated rings. The molecule has 6 nitrogen and oxygen atoms in total. The second kappa shape index (κ2) is 5.98. The summed E-state index contributed by atoms with van der Waals surface area (Å²) < 4.78 is 19.9. The molecule has 1 N–H and O–H groups in total. The number of benzene rings is 1. The van der Waals surface area contributed by atoms with E-state index in [0.29, 0.717) is 11.3 Å². The number of rotatable bonds is 4. The topological polar surface area (TPSA) is 68.5 Å². The van der Waals surface area contributed by atoms with Crippen LogP contribution in [0.3, 0.4) is 0 Å². The van der Waals surface area contributed by atoms with E-state index in [-0.39, 0.29) is 17.6 Å². The molecule has 1 aromatic carbocycles. The molecule has 0 aliphatic carbocycles. The summed E-state index contributed by atoms with van der Waals surface area (Å²) in [5, 5.41) is 10.4. The van der Waals surface area contributed by atoms with E-state index in [4.69, 9.17) is 16.3 Å². The van der Waals surface area contributed by atoms with Crippen molar-refractivity contribution in [3.8, 4) is 6.01 Å². The fourth-order valence-electron chi connectivity index (χ4n) is 1.83. The quantitative estimate of drug-likeness (QED) is 0.802. The molecule has 3 aromatic rings. The molecule has 0 aliphatic rings. The molecule has 0 atom stereocenters. The average molecular weight is 321 g/mol. The van der Waals surface area contributed by atoms with E-state index in [2.05, 4.69) is 15.5 Å². The molecule has 2 aromatic heterocycles. The molecule has 0 radical (unpaired) electrons. The summed E-state index contributed by atoms with van der Waals surface area (Å²) in [6.07, 6.45) is 1.72. The first-order valence-corrected chi connectivity index (χ1v) is 6.69. The zero-order chi connectivity index (χ0) is 15.5. The largest absolute Gasteiger partial charge is 0.453 e. The van der Waals surface area contributed by atoms with Crippen molar-refractivity contribution in [3.05, 3.63) is 53.4 Å². The van der Waals surface area contributed by atoms with Gasteiger partial charge in [0.15, 0.2) is 12.3 Å². The van der Waals surface area contributed by atoms with Crippen LogP contribution in [0.2, 0.25) is 5.02 Å². The van der Waals surface area contributed by atoms with Crippen LogP contribution >= 0.6 is 11.6 Å². The molecule has 0 saturated heterocycles. The lowest BCUT2D eigenvalue weighted by Crippen LogP contribution is -2.21. The molecule has 22 heavy (non-hydrogen) atoms. The minimum absolute atomic E-state index is 0.112. The Kier molecular flexibility index (Phi) is 3.88. The average Bonchev–Trinajstić information content (AvgIpc) is 2.91. The number of carbonyl (C=O) groups excluding carboxylic acids is 1.